The van der Waals surface area contributed by atoms with Gasteiger partial charge in [0.15, 0.2) is 6.04 Å². The number of hydrogen-bond donors (Lipinski definition) is 2. The van der Waals surface area contributed by atoms with Gasteiger partial charge in [0.25, 0.3) is 0 Å². The van der Waals surface area contributed by atoms with Crippen LogP contribution in [0.15, 0.2) is 12.5 Å². The van der Waals surface area contributed by atoms with E-state index >= 15 is 0 Å². The van der Waals surface area contributed by atoms with Gasteiger partial charge in [-0.1, -0.05) is 0 Å². The van der Waals surface area contributed by atoms with Crippen LogP contribution in [-0.4, -0.2) is 22.3 Å². The molecule has 5 nitrogen and oxygen atoms in total. The Morgan fingerprint density at radius 3 is 3.00 bits per heavy atom. The first kappa shape index (κ1) is 6.88. The molecule has 2 N–H and O–H groups in total. The minimum atomic E-state index is -0.934. The van der Waals surface area contributed by atoms with Gasteiger partial charge in [0, 0.05) is 0 Å². The molecule has 1 atom stereocenters. The maximum absolute atomic E-state index is 10.3. The van der Waals surface area contributed by atoms with Crippen molar-refractivity contribution < 1.29 is 14.7 Å². The number of aliphatic carboxylic acids is 1. The molecule has 0 bridgehead atoms. The summed E-state index contributed by atoms with van der Waals surface area (Å²) in [7, 11) is 0. The third-order valence-corrected chi connectivity index (χ3v) is 1.15. The number of carbonyl (C=O) groups is 1. The molecular formula is C5H8N2O3. The molecule has 56 valence electrons. The van der Waals surface area contributed by atoms with Crippen molar-refractivity contribution in [1.82, 2.24) is 10.6 Å². The highest BCUT2D eigenvalue weighted by molar-refractivity contribution is 5.72. The van der Waals surface area contributed by atoms with Crippen LogP contribution in [0.3, 0.4) is 0 Å². The molecule has 10 heavy (non-hydrogen) atoms. The summed E-state index contributed by atoms with van der Waals surface area (Å²) in [5.41, 5.74) is 2.59. The lowest BCUT2D eigenvalue weighted by Crippen LogP contribution is -2.41. The minimum Gasteiger partial charge on any atom is -0.480 e. The van der Waals surface area contributed by atoms with Crippen LogP contribution in [0.25, 0.3) is 0 Å². The lowest BCUT2D eigenvalue weighted by molar-refractivity contribution is -0.175. The van der Waals surface area contributed by atoms with E-state index in [2.05, 4.69) is 5.43 Å². The summed E-state index contributed by atoms with van der Waals surface area (Å²) in [6.45, 7) is 1.52. The summed E-state index contributed by atoms with van der Waals surface area (Å²) in [6.07, 6.45) is 2.89. The average Bonchev–Trinajstić information content (AvgIpc) is 2.36. The van der Waals surface area contributed by atoms with E-state index < -0.39 is 12.0 Å². The number of nitrogens with one attached hydrogen (secondary N) is 1. The molecule has 0 spiro atoms. The van der Waals surface area contributed by atoms with Crippen LogP contribution in [0, 0.1) is 0 Å². The van der Waals surface area contributed by atoms with E-state index in [1.54, 1.807) is 0 Å². The molecule has 0 radical (unpaired) electrons. The summed E-state index contributed by atoms with van der Waals surface area (Å²) in [4.78, 5) is 15.0. The Morgan fingerprint density at radius 2 is 2.60 bits per heavy atom. The van der Waals surface area contributed by atoms with Gasteiger partial charge in [0.1, 0.15) is 6.26 Å². The van der Waals surface area contributed by atoms with Gasteiger partial charge in [-0.2, -0.15) is 0 Å². The van der Waals surface area contributed by atoms with E-state index in [0.717, 1.165) is 5.17 Å². The lowest BCUT2D eigenvalue weighted by Gasteiger charge is -2.17. The monoisotopic (exact) mass is 144 g/mol. The third-order valence-electron chi connectivity index (χ3n) is 1.15. The van der Waals surface area contributed by atoms with Crippen molar-refractivity contribution in [2.45, 2.75) is 13.0 Å². The maximum Gasteiger partial charge on any atom is 0.326 e. The highest BCUT2D eigenvalue weighted by Gasteiger charge is 2.22. The van der Waals surface area contributed by atoms with E-state index in [1.165, 1.54) is 19.4 Å². The smallest absolute Gasteiger partial charge is 0.326 e. The molecule has 0 saturated heterocycles. The van der Waals surface area contributed by atoms with Gasteiger partial charge in [-0.05, 0) is 12.1 Å². The zero-order valence-corrected chi connectivity index (χ0v) is 5.44. The van der Waals surface area contributed by atoms with Crippen molar-refractivity contribution in [1.29, 1.82) is 0 Å². The second-order valence-corrected chi connectivity index (χ2v) is 1.88. The van der Waals surface area contributed by atoms with Gasteiger partial charge in [-0.15, -0.1) is 0 Å². The molecule has 1 aliphatic rings. The molecule has 0 fully saturated rings. The molecule has 1 aliphatic heterocycles. The molecule has 1 rings (SSSR count). The number of hydroxylamine groups is 1. The summed E-state index contributed by atoms with van der Waals surface area (Å²) < 4.78 is 0. The minimum absolute atomic E-state index is 0.685. The van der Waals surface area contributed by atoms with E-state index in [9.17, 15) is 4.79 Å². The van der Waals surface area contributed by atoms with Crippen molar-refractivity contribution in [2.75, 3.05) is 0 Å². The van der Waals surface area contributed by atoms with Gasteiger partial charge in [-0.3, -0.25) is 10.2 Å². The number of nitrogens with zero attached hydrogens (tertiary/aromatic N) is 1. The fraction of sp³-hybridized carbons (Fsp3) is 0.400. The fourth-order valence-electron chi connectivity index (χ4n) is 0.534. The highest BCUT2D eigenvalue weighted by atomic mass is 16.7. The Balaban J connectivity index is 2.42. The average molecular weight is 144 g/mol. The second kappa shape index (κ2) is 2.57. The van der Waals surface area contributed by atoms with Crippen molar-refractivity contribution in [3.05, 3.63) is 12.5 Å². The first-order chi connectivity index (χ1) is 4.72. The van der Waals surface area contributed by atoms with Crippen LogP contribution in [0.1, 0.15) is 6.92 Å². The Hall–Kier alpha value is -1.23. The Labute approximate surface area is 57.8 Å². The Bertz CT molecular complexity index is 160. The molecule has 0 amide bonds. The standard InChI is InChI=1S/C5H8N2O3/c1-4(5(8)9)7-6-2-3-10-7/h2-4,6H,1H3,(H,8,9). The molecule has 0 aliphatic carbocycles. The van der Waals surface area contributed by atoms with E-state index in [4.69, 9.17) is 9.94 Å². The molecule has 1 unspecified atom stereocenters. The Kier molecular flexibility index (Phi) is 1.77. The van der Waals surface area contributed by atoms with Crippen LogP contribution in [0.4, 0.5) is 0 Å². The van der Waals surface area contributed by atoms with Crippen LogP contribution in [0.5, 0.6) is 0 Å². The molecule has 5 heteroatoms. The zero-order valence-electron chi connectivity index (χ0n) is 5.44. The normalized spacial score (nSPS) is 19.7. The van der Waals surface area contributed by atoms with Crippen molar-refractivity contribution >= 4 is 5.97 Å². The van der Waals surface area contributed by atoms with Gasteiger partial charge in [-0.25, -0.2) is 0 Å². The van der Waals surface area contributed by atoms with Gasteiger partial charge in [0.2, 0.25) is 0 Å². The molecule has 0 aromatic carbocycles. The molecule has 1 heterocycles. The first-order valence-corrected chi connectivity index (χ1v) is 2.82. The summed E-state index contributed by atoms with van der Waals surface area (Å²) in [5.74, 6) is -0.934. The Morgan fingerprint density at radius 1 is 1.90 bits per heavy atom. The van der Waals surface area contributed by atoms with Crippen molar-refractivity contribution in [3.8, 4) is 0 Å². The number of carboxylic acids is 1. The van der Waals surface area contributed by atoms with Gasteiger partial charge in [0.05, 0.1) is 6.20 Å². The molecule has 0 saturated carbocycles. The number of rotatable bonds is 2. The van der Waals surface area contributed by atoms with E-state index in [-0.39, 0.29) is 0 Å². The van der Waals surface area contributed by atoms with Crippen LogP contribution in [-0.2, 0) is 9.63 Å². The highest BCUT2D eigenvalue weighted by Crippen LogP contribution is 2.01. The van der Waals surface area contributed by atoms with Crippen molar-refractivity contribution in [2.24, 2.45) is 0 Å². The summed E-state index contributed by atoms with van der Waals surface area (Å²) >= 11 is 0. The molecule has 0 aromatic heterocycles. The predicted molar refractivity (Wildman–Crippen MR) is 32.3 cm³/mol. The van der Waals surface area contributed by atoms with Crippen LogP contribution < -0.4 is 5.43 Å². The maximum atomic E-state index is 10.3. The van der Waals surface area contributed by atoms with E-state index in [1.807, 2.05) is 0 Å². The van der Waals surface area contributed by atoms with Gasteiger partial charge < -0.3 is 9.94 Å². The fourth-order valence-corrected chi connectivity index (χ4v) is 0.534. The largest absolute Gasteiger partial charge is 0.480 e. The van der Waals surface area contributed by atoms with Crippen LogP contribution in [0.2, 0.25) is 0 Å². The number of hydrogen-bond acceptors (Lipinski definition) is 4. The summed E-state index contributed by atoms with van der Waals surface area (Å²) in [6, 6.07) is -0.685. The quantitative estimate of drug-likeness (QED) is 0.556. The van der Waals surface area contributed by atoms with Gasteiger partial charge >= 0.3 is 5.97 Å². The summed E-state index contributed by atoms with van der Waals surface area (Å²) in [5, 5.41) is 9.59. The topological polar surface area (TPSA) is 61.8 Å². The van der Waals surface area contributed by atoms with Crippen LogP contribution >= 0.6 is 0 Å². The number of carboxylic acid groups (broad SMARTS) is 1. The third kappa shape index (κ3) is 1.19. The number of hydrazine groups is 1. The second-order valence-electron chi connectivity index (χ2n) is 1.88. The zero-order chi connectivity index (χ0) is 7.56. The lowest BCUT2D eigenvalue weighted by atomic mass is 10.4. The molecular weight excluding hydrogens is 136 g/mol. The molecule has 0 aromatic rings. The van der Waals surface area contributed by atoms with Crippen molar-refractivity contribution in [3.63, 3.8) is 0 Å². The first-order valence-electron chi connectivity index (χ1n) is 2.82. The van der Waals surface area contributed by atoms with E-state index in [0.29, 0.717) is 0 Å². The SMILES string of the molecule is CC(C(=O)O)N1NC=CO1. The predicted octanol–water partition coefficient (Wildman–Crippen LogP) is -0.317.